The van der Waals surface area contributed by atoms with Crippen LogP contribution in [0.2, 0.25) is 0 Å². The van der Waals surface area contributed by atoms with Crippen LogP contribution in [-0.4, -0.2) is 9.03 Å². The van der Waals surface area contributed by atoms with Crippen molar-refractivity contribution in [1.82, 2.24) is 0 Å². The number of carbonyl (C=O) groups is 1. The van der Waals surface area contributed by atoms with Crippen LogP contribution < -0.4 is 0 Å². The van der Waals surface area contributed by atoms with Crippen LogP contribution in [0.3, 0.4) is 0 Å². The highest BCUT2D eigenvalue weighted by atomic mass is 35.6. The molecule has 1 unspecified atom stereocenters. The van der Waals surface area contributed by atoms with Gasteiger partial charge in [-0.1, -0.05) is 65.1 Å². The molecule has 1 aromatic carbocycles. The average molecular weight is 290 g/mol. The first-order chi connectivity index (χ1) is 6.80. The molecule has 0 aromatic heterocycles. The average Bonchev–Trinajstić information content (AvgIpc) is 2.16. The third-order valence-electron chi connectivity index (χ3n) is 1.83. The van der Waals surface area contributed by atoms with Gasteiger partial charge < -0.3 is 0 Å². The van der Waals surface area contributed by atoms with E-state index in [2.05, 4.69) is 0 Å². The zero-order valence-electron chi connectivity index (χ0n) is 7.18. The Hall–Kier alpha value is -0.0200. The fraction of sp³-hybridized carbons (Fsp3) is 0.222. The Balaban J connectivity index is 3.32. The molecule has 0 fully saturated rings. The van der Waals surface area contributed by atoms with Gasteiger partial charge >= 0.3 is 0 Å². The molecule has 1 rings (SSSR count). The van der Waals surface area contributed by atoms with Crippen molar-refractivity contribution in [2.24, 2.45) is 0 Å². The molecular weight excluding hydrogens is 285 g/mol. The van der Waals surface area contributed by atoms with Crippen molar-refractivity contribution in [1.29, 1.82) is 0 Å². The third kappa shape index (κ3) is 2.39. The Morgan fingerprint density at radius 3 is 1.93 bits per heavy atom. The molecule has 0 aliphatic carbocycles. The Labute approximate surface area is 106 Å². The van der Waals surface area contributed by atoms with Gasteiger partial charge in [-0.15, -0.1) is 0 Å². The van der Waals surface area contributed by atoms with Crippen molar-refractivity contribution in [3.05, 3.63) is 35.9 Å². The summed E-state index contributed by atoms with van der Waals surface area (Å²) in [5, 5.41) is -1.37. The molecule has 82 valence electrons. The van der Waals surface area contributed by atoms with Crippen LogP contribution in [0.4, 0.5) is 4.39 Å². The highest BCUT2D eigenvalue weighted by Crippen LogP contribution is 2.49. The normalized spacial score (nSPS) is 15.8. The molecule has 0 saturated heterocycles. The lowest BCUT2D eigenvalue weighted by Gasteiger charge is -2.28. The molecule has 0 spiro atoms. The number of halogens is 5. The van der Waals surface area contributed by atoms with Crippen LogP contribution in [0.5, 0.6) is 0 Å². The van der Waals surface area contributed by atoms with Crippen LogP contribution in [0.1, 0.15) is 5.56 Å². The topological polar surface area (TPSA) is 17.1 Å². The van der Waals surface area contributed by atoms with Crippen molar-refractivity contribution in [2.75, 3.05) is 0 Å². The first-order valence-corrected chi connectivity index (χ1v) is 5.32. The van der Waals surface area contributed by atoms with Crippen LogP contribution in [0, 0.1) is 0 Å². The van der Waals surface area contributed by atoms with Gasteiger partial charge in [0.2, 0.25) is 3.79 Å². The molecule has 0 amide bonds. The number of benzene rings is 1. The Morgan fingerprint density at radius 2 is 1.60 bits per heavy atom. The largest absolute Gasteiger partial charge is 0.277 e. The van der Waals surface area contributed by atoms with Gasteiger partial charge in [-0.3, -0.25) is 4.79 Å². The van der Waals surface area contributed by atoms with E-state index in [4.69, 9.17) is 46.4 Å². The third-order valence-corrected chi connectivity index (χ3v) is 2.87. The summed E-state index contributed by atoms with van der Waals surface area (Å²) in [5.41, 5.74) is -2.94. The molecule has 6 heteroatoms. The Morgan fingerprint density at radius 1 is 1.13 bits per heavy atom. The summed E-state index contributed by atoms with van der Waals surface area (Å²) in [6, 6.07) is 7.31. The van der Waals surface area contributed by atoms with Crippen LogP contribution in [0.25, 0.3) is 0 Å². The lowest BCUT2D eigenvalue weighted by atomic mass is 9.99. The van der Waals surface area contributed by atoms with E-state index in [1.54, 1.807) is 6.07 Å². The maximum atomic E-state index is 14.3. The summed E-state index contributed by atoms with van der Waals surface area (Å²) >= 11 is 21.4. The summed E-state index contributed by atoms with van der Waals surface area (Å²) in [5.74, 6) is 0. The molecule has 0 aliphatic heterocycles. The molecular formula is C9H5Cl4FO. The predicted octanol–water partition coefficient (Wildman–Crippen LogP) is 3.99. The van der Waals surface area contributed by atoms with E-state index in [1.165, 1.54) is 24.3 Å². The summed E-state index contributed by atoms with van der Waals surface area (Å²) in [6.07, 6.45) is 0. The van der Waals surface area contributed by atoms with E-state index in [0.29, 0.717) is 0 Å². The number of alkyl halides is 4. The second kappa shape index (κ2) is 4.46. The maximum absolute atomic E-state index is 14.3. The lowest BCUT2D eigenvalue weighted by Crippen LogP contribution is -2.41. The minimum Gasteiger partial charge on any atom is -0.277 e. The summed E-state index contributed by atoms with van der Waals surface area (Å²) in [4.78, 5) is 11.0. The van der Waals surface area contributed by atoms with E-state index in [0.717, 1.165) is 0 Å². The molecule has 15 heavy (non-hydrogen) atoms. The molecule has 1 atom stereocenters. The number of carbonyl (C=O) groups excluding carboxylic acids is 1. The number of hydrogen-bond acceptors (Lipinski definition) is 1. The zero-order chi connectivity index (χ0) is 11.7. The maximum Gasteiger partial charge on any atom is 0.268 e. The van der Waals surface area contributed by atoms with Crippen molar-refractivity contribution in [3.63, 3.8) is 0 Å². The van der Waals surface area contributed by atoms with Gasteiger partial charge in [0.05, 0.1) is 0 Å². The smallest absolute Gasteiger partial charge is 0.268 e. The van der Waals surface area contributed by atoms with Crippen LogP contribution in [-0.2, 0) is 10.5 Å². The predicted molar refractivity (Wildman–Crippen MR) is 60.4 cm³/mol. The van der Waals surface area contributed by atoms with Gasteiger partial charge in [0, 0.05) is 5.56 Å². The minimum absolute atomic E-state index is 0.0926. The van der Waals surface area contributed by atoms with Crippen molar-refractivity contribution < 1.29 is 9.18 Å². The molecule has 0 N–H and O–H groups in total. The van der Waals surface area contributed by atoms with Gasteiger partial charge in [0.1, 0.15) is 0 Å². The highest BCUT2D eigenvalue weighted by molar-refractivity contribution is 6.74. The van der Waals surface area contributed by atoms with Gasteiger partial charge in [-0.25, -0.2) is 4.39 Å². The summed E-state index contributed by atoms with van der Waals surface area (Å²) < 4.78 is 11.8. The molecule has 0 radical (unpaired) electrons. The Kier molecular flexibility index (Phi) is 3.88. The van der Waals surface area contributed by atoms with Crippen molar-refractivity contribution in [2.45, 2.75) is 9.46 Å². The quantitative estimate of drug-likeness (QED) is 0.594. The summed E-state index contributed by atoms with van der Waals surface area (Å²) in [6.45, 7) is 0. The molecule has 1 nitrogen and oxygen atoms in total. The molecule has 0 aliphatic rings. The standard InChI is InChI=1S/C9H5Cl4FO/c10-7(15)8(14,9(11,12)13)6-4-2-1-3-5-6/h1-5H. The first-order valence-electron chi connectivity index (χ1n) is 3.81. The fourth-order valence-corrected chi connectivity index (χ4v) is 2.04. The van der Waals surface area contributed by atoms with E-state index in [9.17, 15) is 9.18 Å². The van der Waals surface area contributed by atoms with Gasteiger partial charge in [-0.05, 0) is 11.6 Å². The van der Waals surface area contributed by atoms with Gasteiger partial charge in [-0.2, -0.15) is 0 Å². The van der Waals surface area contributed by atoms with E-state index in [1.807, 2.05) is 0 Å². The van der Waals surface area contributed by atoms with E-state index < -0.39 is 14.7 Å². The van der Waals surface area contributed by atoms with E-state index in [-0.39, 0.29) is 5.56 Å². The monoisotopic (exact) mass is 288 g/mol. The van der Waals surface area contributed by atoms with Crippen molar-refractivity contribution >= 4 is 51.6 Å². The van der Waals surface area contributed by atoms with Gasteiger partial charge in [0.25, 0.3) is 10.9 Å². The van der Waals surface area contributed by atoms with Gasteiger partial charge in [0.15, 0.2) is 0 Å². The minimum atomic E-state index is -2.85. The number of rotatable bonds is 2. The molecule has 0 saturated carbocycles. The Bertz CT molecular complexity index is 362. The number of hydrogen-bond donors (Lipinski definition) is 0. The second-order valence-corrected chi connectivity index (χ2v) is 5.42. The second-order valence-electron chi connectivity index (χ2n) is 2.80. The van der Waals surface area contributed by atoms with Crippen molar-refractivity contribution in [3.8, 4) is 0 Å². The van der Waals surface area contributed by atoms with E-state index >= 15 is 0 Å². The molecule has 1 aromatic rings. The molecule has 0 bridgehead atoms. The zero-order valence-corrected chi connectivity index (χ0v) is 10.2. The van der Waals surface area contributed by atoms with Crippen LogP contribution in [0.15, 0.2) is 30.3 Å². The fourth-order valence-electron chi connectivity index (χ4n) is 1.06. The SMILES string of the molecule is O=C(Cl)C(F)(c1ccccc1)C(Cl)(Cl)Cl. The molecule has 0 heterocycles. The van der Waals surface area contributed by atoms with Crippen LogP contribution >= 0.6 is 46.4 Å². The highest BCUT2D eigenvalue weighted by Gasteiger charge is 2.56. The summed E-state index contributed by atoms with van der Waals surface area (Å²) in [7, 11) is 0. The first kappa shape index (κ1) is 13.0. The lowest BCUT2D eigenvalue weighted by molar-refractivity contribution is -0.122.